The summed E-state index contributed by atoms with van der Waals surface area (Å²) in [4.78, 5) is 2.48. The third kappa shape index (κ3) is 2.92. The highest BCUT2D eigenvalue weighted by molar-refractivity contribution is 7.12. The number of hydrogen-bond donors (Lipinski definition) is 1. The molecule has 0 bridgehead atoms. The summed E-state index contributed by atoms with van der Waals surface area (Å²) in [5.74, 6) is 0.946. The number of hydrogen-bond acceptors (Lipinski definition) is 3. The molecule has 0 saturated carbocycles. The predicted octanol–water partition coefficient (Wildman–Crippen LogP) is 3.70. The Morgan fingerprint density at radius 1 is 1.22 bits per heavy atom. The van der Waals surface area contributed by atoms with Crippen molar-refractivity contribution in [2.24, 2.45) is 5.73 Å². The Morgan fingerprint density at radius 3 is 2.61 bits per heavy atom. The first-order chi connectivity index (χ1) is 8.74. The quantitative estimate of drug-likeness (QED) is 0.890. The SMILES string of the molecule is CCc1ccccc1OC(CN)c1ccc(C)s1. The first-order valence-electron chi connectivity index (χ1n) is 6.25. The van der Waals surface area contributed by atoms with Crippen LogP contribution < -0.4 is 10.5 Å². The molecule has 0 aliphatic heterocycles. The summed E-state index contributed by atoms with van der Waals surface area (Å²) in [7, 11) is 0. The van der Waals surface area contributed by atoms with Crippen LogP contribution in [0.4, 0.5) is 0 Å². The molecule has 0 aliphatic carbocycles. The third-order valence-electron chi connectivity index (χ3n) is 2.92. The molecule has 3 heteroatoms. The minimum absolute atomic E-state index is 0.0450. The minimum Gasteiger partial charge on any atom is -0.483 e. The number of benzene rings is 1. The van der Waals surface area contributed by atoms with Gasteiger partial charge >= 0.3 is 0 Å². The van der Waals surface area contributed by atoms with Crippen LogP contribution in [0, 0.1) is 6.92 Å². The van der Waals surface area contributed by atoms with Crippen LogP contribution in [0.1, 0.15) is 28.3 Å². The largest absolute Gasteiger partial charge is 0.483 e. The van der Waals surface area contributed by atoms with Gasteiger partial charge in [-0.1, -0.05) is 25.1 Å². The van der Waals surface area contributed by atoms with Gasteiger partial charge in [0, 0.05) is 16.3 Å². The van der Waals surface area contributed by atoms with E-state index in [0.717, 1.165) is 12.2 Å². The summed E-state index contributed by atoms with van der Waals surface area (Å²) < 4.78 is 6.07. The molecule has 2 N–H and O–H groups in total. The van der Waals surface area contributed by atoms with E-state index in [1.807, 2.05) is 18.2 Å². The van der Waals surface area contributed by atoms with Gasteiger partial charge in [0.15, 0.2) is 0 Å². The molecule has 18 heavy (non-hydrogen) atoms. The van der Waals surface area contributed by atoms with Crippen molar-refractivity contribution in [3.8, 4) is 5.75 Å². The molecule has 1 aromatic heterocycles. The molecule has 0 amide bonds. The first kappa shape index (κ1) is 13.1. The van der Waals surface area contributed by atoms with Crippen LogP contribution in [-0.4, -0.2) is 6.54 Å². The lowest BCUT2D eigenvalue weighted by atomic mass is 10.1. The maximum absolute atomic E-state index is 6.07. The van der Waals surface area contributed by atoms with Crippen LogP contribution in [0.15, 0.2) is 36.4 Å². The summed E-state index contributed by atoms with van der Waals surface area (Å²) in [6.07, 6.45) is 0.924. The average Bonchev–Trinajstić information content (AvgIpc) is 2.83. The molecule has 1 aromatic carbocycles. The van der Waals surface area contributed by atoms with E-state index in [4.69, 9.17) is 10.5 Å². The Balaban J connectivity index is 2.20. The maximum atomic E-state index is 6.07. The van der Waals surface area contributed by atoms with E-state index in [1.165, 1.54) is 15.3 Å². The zero-order valence-corrected chi connectivity index (χ0v) is 11.7. The second kappa shape index (κ2) is 6.03. The molecule has 96 valence electrons. The van der Waals surface area contributed by atoms with Crippen LogP contribution >= 0.6 is 11.3 Å². The first-order valence-corrected chi connectivity index (χ1v) is 7.07. The molecule has 1 unspecified atom stereocenters. The van der Waals surface area contributed by atoms with Crippen molar-refractivity contribution < 1.29 is 4.74 Å². The van der Waals surface area contributed by atoms with Gasteiger partial charge in [0.2, 0.25) is 0 Å². The number of thiophene rings is 1. The highest BCUT2D eigenvalue weighted by Crippen LogP contribution is 2.29. The number of nitrogens with two attached hydrogens (primary N) is 1. The van der Waals surface area contributed by atoms with Crippen molar-refractivity contribution in [1.29, 1.82) is 0 Å². The van der Waals surface area contributed by atoms with Gasteiger partial charge in [-0.3, -0.25) is 0 Å². The van der Waals surface area contributed by atoms with Gasteiger partial charge in [-0.05, 0) is 37.1 Å². The fraction of sp³-hybridized carbons (Fsp3) is 0.333. The number of para-hydroxylation sites is 1. The van der Waals surface area contributed by atoms with Crippen LogP contribution in [-0.2, 0) is 6.42 Å². The predicted molar refractivity (Wildman–Crippen MR) is 77.3 cm³/mol. The fourth-order valence-electron chi connectivity index (χ4n) is 1.91. The third-order valence-corrected chi connectivity index (χ3v) is 4.01. The van der Waals surface area contributed by atoms with E-state index in [-0.39, 0.29) is 6.10 Å². The number of rotatable bonds is 5. The van der Waals surface area contributed by atoms with Crippen molar-refractivity contribution in [2.45, 2.75) is 26.4 Å². The van der Waals surface area contributed by atoms with Crippen LogP contribution in [0.2, 0.25) is 0 Å². The van der Waals surface area contributed by atoms with Gasteiger partial charge in [0.25, 0.3) is 0 Å². The summed E-state index contributed by atoms with van der Waals surface area (Å²) >= 11 is 1.75. The smallest absolute Gasteiger partial charge is 0.145 e. The van der Waals surface area contributed by atoms with Gasteiger partial charge in [-0.2, -0.15) is 0 Å². The standard InChI is InChI=1S/C15H19NOS/c1-3-12-6-4-5-7-13(12)17-14(10-16)15-9-8-11(2)18-15/h4-9,14H,3,10,16H2,1-2H3. The maximum Gasteiger partial charge on any atom is 0.145 e. The highest BCUT2D eigenvalue weighted by atomic mass is 32.1. The van der Waals surface area contributed by atoms with Crippen molar-refractivity contribution in [2.75, 3.05) is 6.54 Å². The molecule has 2 nitrogen and oxygen atoms in total. The average molecular weight is 261 g/mol. The Labute approximate surface area is 112 Å². The lowest BCUT2D eigenvalue weighted by Crippen LogP contribution is -2.17. The summed E-state index contributed by atoms with van der Waals surface area (Å²) in [5, 5.41) is 0. The number of aryl methyl sites for hydroxylation is 2. The molecule has 2 aromatic rings. The van der Waals surface area contributed by atoms with Gasteiger partial charge in [0.05, 0.1) is 0 Å². The molecular weight excluding hydrogens is 242 g/mol. The van der Waals surface area contributed by atoms with E-state index in [1.54, 1.807) is 11.3 Å². The molecule has 0 aliphatic rings. The zero-order chi connectivity index (χ0) is 13.0. The van der Waals surface area contributed by atoms with E-state index in [0.29, 0.717) is 6.54 Å². The lowest BCUT2D eigenvalue weighted by Gasteiger charge is -2.18. The molecule has 0 radical (unpaired) electrons. The molecular formula is C15H19NOS. The van der Waals surface area contributed by atoms with Crippen molar-refractivity contribution in [3.63, 3.8) is 0 Å². The molecule has 2 rings (SSSR count). The van der Waals surface area contributed by atoms with Crippen LogP contribution in [0.25, 0.3) is 0 Å². The summed E-state index contributed by atoms with van der Waals surface area (Å²) in [6, 6.07) is 12.4. The Hall–Kier alpha value is -1.32. The molecule has 0 saturated heterocycles. The highest BCUT2D eigenvalue weighted by Gasteiger charge is 2.14. The van der Waals surface area contributed by atoms with E-state index in [2.05, 4.69) is 32.0 Å². The summed E-state index contributed by atoms with van der Waals surface area (Å²) in [6.45, 7) is 4.73. The molecule has 1 heterocycles. The van der Waals surface area contributed by atoms with E-state index in [9.17, 15) is 0 Å². The Morgan fingerprint density at radius 2 is 2.00 bits per heavy atom. The normalized spacial score (nSPS) is 12.4. The molecule has 1 atom stereocenters. The van der Waals surface area contributed by atoms with Crippen molar-refractivity contribution >= 4 is 11.3 Å². The topological polar surface area (TPSA) is 35.2 Å². The number of ether oxygens (including phenoxy) is 1. The lowest BCUT2D eigenvalue weighted by molar-refractivity contribution is 0.216. The molecule has 0 fully saturated rings. The van der Waals surface area contributed by atoms with Gasteiger partial charge in [-0.15, -0.1) is 11.3 Å². The van der Waals surface area contributed by atoms with Gasteiger partial charge < -0.3 is 10.5 Å². The fourth-order valence-corrected chi connectivity index (χ4v) is 2.83. The second-order valence-corrected chi connectivity index (χ2v) is 5.57. The van der Waals surface area contributed by atoms with Crippen molar-refractivity contribution in [1.82, 2.24) is 0 Å². The van der Waals surface area contributed by atoms with E-state index >= 15 is 0 Å². The Bertz CT molecular complexity index is 507. The second-order valence-electron chi connectivity index (χ2n) is 4.25. The van der Waals surface area contributed by atoms with Crippen molar-refractivity contribution in [3.05, 3.63) is 51.7 Å². The van der Waals surface area contributed by atoms with E-state index < -0.39 is 0 Å². The minimum atomic E-state index is -0.0450. The molecule has 0 spiro atoms. The zero-order valence-electron chi connectivity index (χ0n) is 10.8. The van der Waals surface area contributed by atoms with Gasteiger partial charge in [0.1, 0.15) is 11.9 Å². The summed E-state index contributed by atoms with van der Waals surface area (Å²) in [5.41, 5.74) is 7.06. The van der Waals surface area contributed by atoms with Crippen LogP contribution in [0.3, 0.4) is 0 Å². The van der Waals surface area contributed by atoms with Gasteiger partial charge in [-0.25, -0.2) is 0 Å². The van der Waals surface area contributed by atoms with Crippen LogP contribution in [0.5, 0.6) is 5.75 Å². The monoisotopic (exact) mass is 261 g/mol. The Kier molecular flexibility index (Phi) is 4.39.